The summed E-state index contributed by atoms with van der Waals surface area (Å²) in [7, 11) is 0. The van der Waals surface area contributed by atoms with Crippen LogP contribution in [0.25, 0.3) is 0 Å². The number of hydrogen-bond donors (Lipinski definition) is 1. The van der Waals surface area contributed by atoms with E-state index in [9.17, 15) is 15.1 Å². The summed E-state index contributed by atoms with van der Waals surface area (Å²) in [5.74, 6) is -0.172. The second kappa shape index (κ2) is 7.42. The molecule has 3 rings (SSSR count). The molecule has 1 saturated heterocycles. The molecule has 2 heterocycles. The Morgan fingerprint density at radius 2 is 2.20 bits per heavy atom. The SMILES string of the molecule is O=C(c1ccc[n+]([O-])c1)N1CCCC(CO)(Cc2cccc(Cl)c2)C1. The van der Waals surface area contributed by atoms with Gasteiger partial charge in [-0.1, -0.05) is 23.7 Å². The number of benzene rings is 1. The number of aliphatic hydroxyl groups is 1. The van der Waals surface area contributed by atoms with Gasteiger partial charge in [-0.2, -0.15) is 4.73 Å². The molecule has 1 unspecified atom stereocenters. The number of pyridine rings is 1. The first-order valence-electron chi connectivity index (χ1n) is 8.35. The second-order valence-corrected chi connectivity index (χ2v) is 7.18. The lowest BCUT2D eigenvalue weighted by molar-refractivity contribution is -0.605. The third-order valence-corrected chi connectivity index (χ3v) is 5.01. The molecule has 1 amide bonds. The molecule has 0 aliphatic carbocycles. The van der Waals surface area contributed by atoms with Crippen LogP contribution in [0.15, 0.2) is 48.8 Å². The van der Waals surface area contributed by atoms with Crippen molar-refractivity contribution in [2.75, 3.05) is 19.7 Å². The molecule has 25 heavy (non-hydrogen) atoms. The Labute approximate surface area is 152 Å². The Morgan fingerprint density at radius 3 is 2.92 bits per heavy atom. The van der Waals surface area contributed by atoms with E-state index < -0.39 is 0 Å². The fraction of sp³-hybridized carbons (Fsp3) is 0.368. The number of nitrogens with zero attached hydrogens (tertiary/aromatic N) is 2. The van der Waals surface area contributed by atoms with Crippen molar-refractivity contribution < 1.29 is 14.6 Å². The highest BCUT2D eigenvalue weighted by atomic mass is 35.5. The molecule has 1 fully saturated rings. The monoisotopic (exact) mass is 360 g/mol. The van der Waals surface area contributed by atoms with Crippen LogP contribution in [-0.4, -0.2) is 35.6 Å². The Morgan fingerprint density at radius 1 is 1.36 bits per heavy atom. The first-order valence-corrected chi connectivity index (χ1v) is 8.73. The van der Waals surface area contributed by atoms with Gasteiger partial charge >= 0.3 is 0 Å². The molecule has 5 nitrogen and oxygen atoms in total. The molecule has 1 aliphatic rings. The Bertz CT molecular complexity index is 768. The molecular weight excluding hydrogens is 340 g/mol. The molecule has 1 atom stereocenters. The van der Waals surface area contributed by atoms with Crippen LogP contribution in [0, 0.1) is 10.6 Å². The summed E-state index contributed by atoms with van der Waals surface area (Å²) in [6.45, 7) is 1.09. The van der Waals surface area contributed by atoms with Crippen LogP contribution >= 0.6 is 11.6 Å². The van der Waals surface area contributed by atoms with Crippen LogP contribution in [0.3, 0.4) is 0 Å². The highest BCUT2D eigenvalue weighted by molar-refractivity contribution is 6.30. The van der Waals surface area contributed by atoms with Crippen molar-refractivity contribution in [1.29, 1.82) is 0 Å². The lowest BCUT2D eigenvalue weighted by atomic mass is 9.75. The minimum absolute atomic E-state index is 0.000359. The Kier molecular flexibility index (Phi) is 5.25. The minimum Gasteiger partial charge on any atom is -0.619 e. The average molecular weight is 361 g/mol. The fourth-order valence-corrected chi connectivity index (χ4v) is 3.77. The summed E-state index contributed by atoms with van der Waals surface area (Å²) in [6.07, 6.45) is 4.95. The van der Waals surface area contributed by atoms with Crippen molar-refractivity contribution in [2.24, 2.45) is 5.41 Å². The molecule has 1 N–H and O–H groups in total. The minimum atomic E-state index is -0.388. The molecule has 132 valence electrons. The first kappa shape index (κ1) is 17.7. The Balaban J connectivity index is 1.79. The van der Waals surface area contributed by atoms with Gasteiger partial charge in [0, 0.05) is 29.6 Å². The van der Waals surface area contributed by atoms with Gasteiger partial charge in [-0.05, 0) is 43.0 Å². The second-order valence-electron chi connectivity index (χ2n) is 6.75. The topological polar surface area (TPSA) is 67.5 Å². The average Bonchev–Trinajstić information content (AvgIpc) is 2.61. The van der Waals surface area contributed by atoms with Gasteiger partial charge in [-0.15, -0.1) is 0 Å². The van der Waals surface area contributed by atoms with Gasteiger partial charge < -0.3 is 15.2 Å². The quantitative estimate of drug-likeness (QED) is 0.672. The number of piperidine rings is 1. The van der Waals surface area contributed by atoms with Crippen molar-refractivity contribution in [1.82, 2.24) is 4.90 Å². The molecule has 1 aliphatic heterocycles. The van der Waals surface area contributed by atoms with Gasteiger partial charge in [0.05, 0.1) is 6.61 Å². The number of hydrogen-bond acceptors (Lipinski definition) is 3. The first-order chi connectivity index (χ1) is 12.0. The summed E-state index contributed by atoms with van der Waals surface area (Å²) in [5, 5.41) is 22.2. The highest BCUT2D eigenvalue weighted by Gasteiger charge is 2.37. The van der Waals surface area contributed by atoms with E-state index in [0.717, 1.165) is 18.4 Å². The molecule has 0 spiro atoms. The third-order valence-electron chi connectivity index (χ3n) is 4.77. The molecule has 0 radical (unpaired) electrons. The van der Waals surface area contributed by atoms with Crippen LogP contribution in [0.4, 0.5) is 0 Å². The number of aromatic nitrogens is 1. The number of amides is 1. The van der Waals surface area contributed by atoms with Gasteiger partial charge in [-0.25, -0.2) is 0 Å². The van der Waals surface area contributed by atoms with Crippen LogP contribution in [0.1, 0.15) is 28.8 Å². The van der Waals surface area contributed by atoms with Gasteiger partial charge in [0.15, 0.2) is 12.4 Å². The molecule has 0 bridgehead atoms. The maximum Gasteiger partial charge on any atom is 0.259 e. The highest BCUT2D eigenvalue weighted by Crippen LogP contribution is 2.34. The van der Waals surface area contributed by atoms with Crippen molar-refractivity contribution in [3.8, 4) is 0 Å². The van der Waals surface area contributed by atoms with E-state index in [1.54, 1.807) is 17.0 Å². The maximum absolute atomic E-state index is 12.7. The van der Waals surface area contributed by atoms with E-state index in [2.05, 4.69) is 0 Å². The lowest BCUT2D eigenvalue weighted by Gasteiger charge is -2.42. The number of aliphatic hydroxyl groups excluding tert-OH is 1. The fourth-order valence-electron chi connectivity index (χ4n) is 3.55. The van der Waals surface area contributed by atoms with Crippen LogP contribution < -0.4 is 4.73 Å². The van der Waals surface area contributed by atoms with Gasteiger partial charge in [0.2, 0.25) is 0 Å². The smallest absolute Gasteiger partial charge is 0.259 e. The molecule has 2 aromatic rings. The zero-order valence-electron chi connectivity index (χ0n) is 13.9. The zero-order chi connectivity index (χ0) is 17.9. The normalized spacial score (nSPS) is 20.5. The van der Waals surface area contributed by atoms with E-state index in [4.69, 9.17) is 11.6 Å². The zero-order valence-corrected chi connectivity index (χ0v) is 14.7. The maximum atomic E-state index is 12.7. The van der Waals surface area contributed by atoms with E-state index in [1.165, 1.54) is 12.4 Å². The van der Waals surface area contributed by atoms with Crippen molar-refractivity contribution in [2.45, 2.75) is 19.3 Å². The van der Waals surface area contributed by atoms with Gasteiger partial charge in [-0.3, -0.25) is 4.79 Å². The number of carbonyl (C=O) groups is 1. The van der Waals surface area contributed by atoms with E-state index in [-0.39, 0.29) is 17.9 Å². The number of halogens is 1. The van der Waals surface area contributed by atoms with Crippen LogP contribution in [-0.2, 0) is 6.42 Å². The summed E-state index contributed by atoms with van der Waals surface area (Å²) >= 11 is 6.07. The largest absolute Gasteiger partial charge is 0.619 e. The predicted molar refractivity (Wildman–Crippen MR) is 95.2 cm³/mol. The number of rotatable bonds is 4. The Hall–Kier alpha value is -2.11. The molecule has 0 saturated carbocycles. The van der Waals surface area contributed by atoms with E-state index >= 15 is 0 Å². The van der Waals surface area contributed by atoms with Crippen LogP contribution in [0.2, 0.25) is 5.02 Å². The lowest BCUT2D eigenvalue weighted by Crippen LogP contribution is -2.49. The van der Waals surface area contributed by atoms with Crippen molar-refractivity contribution in [3.63, 3.8) is 0 Å². The molecule has 1 aromatic carbocycles. The van der Waals surface area contributed by atoms with Gasteiger partial charge in [0.1, 0.15) is 5.56 Å². The third kappa shape index (κ3) is 4.11. The number of likely N-dealkylation sites (tertiary alicyclic amines) is 1. The van der Waals surface area contributed by atoms with Crippen molar-refractivity contribution >= 4 is 17.5 Å². The molecule has 1 aromatic heterocycles. The number of carbonyl (C=O) groups excluding carboxylic acids is 1. The predicted octanol–water partition coefficient (Wildman–Crippen LogP) is 2.43. The van der Waals surface area contributed by atoms with Crippen LogP contribution in [0.5, 0.6) is 0 Å². The summed E-state index contributed by atoms with van der Waals surface area (Å²) in [5.41, 5.74) is 1.03. The summed E-state index contributed by atoms with van der Waals surface area (Å²) in [4.78, 5) is 14.5. The molecular formula is C19H21ClN2O3. The van der Waals surface area contributed by atoms with Crippen molar-refractivity contribution in [3.05, 3.63) is 70.1 Å². The van der Waals surface area contributed by atoms with E-state index in [1.807, 2.05) is 24.3 Å². The summed E-state index contributed by atoms with van der Waals surface area (Å²) < 4.78 is 0.627. The summed E-state index contributed by atoms with van der Waals surface area (Å²) in [6, 6.07) is 10.8. The van der Waals surface area contributed by atoms with E-state index in [0.29, 0.717) is 34.8 Å². The molecule has 6 heteroatoms. The van der Waals surface area contributed by atoms with Gasteiger partial charge in [0.25, 0.3) is 5.91 Å². The standard InChI is InChI=1S/C19H21ClN2O3/c20-17-6-1-4-15(10-17)11-19(14-23)7-3-8-21(13-19)18(24)16-5-2-9-22(25)12-16/h1-2,4-6,9-10,12,23H,3,7-8,11,13-14H2.